The highest BCUT2D eigenvalue weighted by molar-refractivity contribution is 4.49. The zero-order valence-electron chi connectivity index (χ0n) is 17.8. The molecule has 148 valence electrons. The molecule has 24 heavy (non-hydrogen) atoms. The molecule has 0 aromatic rings. The molecular formula is C22H50N2. The Hall–Kier alpha value is -0.0800. The molecule has 2 N–H and O–H groups in total. The van der Waals surface area contributed by atoms with E-state index >= 15 is 0 Å². The topological polar surface area (TPSA) is 29.3 Å². The molecule has 0 saturated heterocycles. The van der Waals surface area contributed by atoms with Crippen molar-refractivity contribution in [3.8, 4) is 0 Å². The number of nitrogens with two attached hydrogens (primary N) is 1. The van der Waals surface area contributed by atoms with Crippen LogP contribution in [0.3, 0.4) is 0 Å². The Kier molecular flexibility index (Phi) is 27.4. The number of nitrogens with zero attached hydrogens (tertiary/aromatic N) is 1. The van der Waals surface area contributed by atoms with E-state index in [1.807, 2.05) is 0 Å². The van der Waals surface area contributed by atoms with Gasteiger partial charge in [-0.3, -0.25) is 0 Å². The van der Waals surface area contributed by atoms with Crippen molar-refractivity contribution in [1.29, 1.82) is 0 Å². The van der Waals surface area contributed by atoms with Crippen LogP contribution in [0.4, 0.5) is 0 Å². The Morgan fingerprint density at radius 2 is 0.750 bits per heavy atom. The van der Waals surface area contributed by atoms with E-state index in [4.69, 9.17) is 5.73 Å². The lowest BCUT2D eigenvalue weighted by Crippen LogP contribution is -2.21. The van der Waals surface area contributed by atoms with Gasteiger partial charge in [0.15, 0.2) is 0 Å². The van der Waals surface area contributed by atoms with Gasteiger partial charge < -0.3 is 10.6 Å². The molecule has 2 nitrogen and oxygen atoms in total. The molecule has 0 aliphatic rings. The first kappa shape index (κ1) is 26.2. The highest BCUT2D eigenvalue weighted by Gasteiger charge is 1.93. The molecule has 0 amide bonds. The lowest BCUT2D eigenvalue weighted by molar-refractivity contribution is 0.321. The number of unbranched alkanes of at least 4 members (excludes halogenated alkanes) is 13. The van der Waals surface area contributed by atoms with E-state index in [1.165, 1.54) is 110 Å². The molecule has 0 rings (SSSR count). The van der Waals surface area contributed by atoms with Gasteiger partial charge in [0.25, 0.3) is 0 Å². The van der Waals surface area contributed by atoms with Crippen LogP contribution in [-0.4, -0.2) is 31.1 Å². The molecule has 0 heterocycles. The average molecular weight is 343 g/mol. The molecule has 0 bridgehead atoms. The maximum absolute atomic E-state index is 5.47. The summed E-state index contributed by atoms with van der Waals surface area (Å²) in [6, 6.07) is 0. The largest absolute Gasteiger partial charge is 0.330 e. The van der Waals surface area contributed by atoms with Crippen LogP contribution in [-0.2, 0) is 0 Å². The second kappa shape index (κ2) is 25.2. The van der Waals surface area contributed by atoms with Crippen molar-refractivity contribution in [3.05, 3.63) is 0 Å². The standard InChI is InChI=1S/C16H35N.C6H15N/c1-2-3-4-5-6-7-8-9-10-11-12-13-14-15-16-17;1-4-7(5-2)6-3/h2-17H2,1H3;4-6H2,1-3H3. The molecular weight excluding hydrogens is 292 g/mol. The van der Waals surface area contributed by atoms with E-state index < -0.39 is 0 Å². The highest BCUT2D eigenvalue weighted by Crippen LogP contribution is 2.12. The van der Waals surface area contributed by atoms with Crippen molar-refractivity contribution in [2.75, 3.05) is 26.2 Å². The third kappa shape index (κ3) is 24.2. The molecule has 0 aromatic carbocycles. The monoisotopic (exact) mass is 342 g/mol. The van der Waals surface area contributed by atoms with E-state index in [1.54, 1.807) is 0 Å². The minimum absolute atomic E-state index is 0.873. The Labute approximate surface area is 155 Å². The summed E-state index contributed by atoms with van der Waals surface area (Å²) in [5.41, 5.74) is 5.47. The Bertz CT molecular complexity index is 171. The zero-order valence-corrected chi connectivity index (χ0v) is 17.8. The summed E-state index contributed by atoms with van der Waals surface area (Å²) in [7, 11) is 0. The van der Waals surface area contributed by atoms with Crippen LogP contribution in [0.15, 0.2) is 0 Å². The first-order valence-corrected chi connectivity index (χ1v) is 11.2. The molecule has 0 aromatic heterocycles. The lowest BCUT2D eigenvalue weighted by Gasteiger charge is -2.13. The van der Waals surface area contributed by atoms with E-state index in [0.29, 0.717) is 0 Å². The molecule has 0 atom stereocenters. The summed E-state index contributed by atoms with van der Waals surface area (Å²) in [5.74, 6) is 0. The number of hydrogen-bond acceptors (Lipinski definition) is 2. The third-order valence-electron chi connectivity index (χ3n) is 4.90. The first-order valence-electron chi connectivity index (χ1n) is 11.2. The second-order valence-electron chi connectivity index (χ2n) is 7.00. The quantitative estimate of drug-likeness (QED) is 0.295. The van der Waals surface area contributed by atoms with Gasteiger partial charge in [-0.05, 0) is 32.6 Å². The molecule has 0 aliphatic carbocycles. The van der Waals surface area contributed by atoms with Crippen molar-refractivity contribution >= 4 is 0 Å². The summed E-state index contributed by atoms with van der Waals surface area (Å²) in [5, 5.41) is 0. The molecule has 0 radical (unpaired) electrons. The molecule has 0 unspecified atom stereocenters. The van der Waals surface area contributed by atoms with Gasteiger partial charge in [-0.1, -0.05) is 111 Å². The molecule has 0 aliphatic heterocycles. The second-order valence-corrected chi connectivity index (χ2v) is 7.00. The summed E-state index contributed by atoms with van der Waals surface area (Å²) >= 11 is 0. The number of rotatable bonds is 17. The molecule has 2 heteroatoms. The van der Waals surface area contributed by atoms with Crippen molar-refractivity contribution in [2.24, 2.45) is 5.73 Å². The first-order chi connectivity index (χ1) is 11.8. The van der Waals surface area contributed by atoms with Crippen molar-refractivity contribution in [3.63, 3.8) is 0 Å². The predicted molar refractivity (Wildman–Crippen MR) is 113 cm³/mol. The van der Waals surface area contributed by atoms with E-state index in [0.717, 1.165) is 6.54 Å². The summed E-state index contributed by atoms with van der Waals surface area (Å²) in [6.07, 6.45) is 19.9. The molecule has 0 fully saturated rings. The van der Waals surface area contributed by atoms with Crippen LogP contribution in [0.5, 0.6) is 0 Å². The maximum atomic E-state index is 5.47. The van der Waals surface area contributed by atoms with Crippen LogP contribution in [0.25, 0.3) is 0 Å². The normalized spacial score (nSPS) is 10.8. The van der Waals surface area contributed by atoms with Crippen LogP contribution in [0, 0.1) is 0 Å². The van der Waals surface area contributed by atoms with Crippen LogP contribution in [0.1, 0.15) is 118 Å². The minimum Gasteiger partial charge on any atom is -0.330 e. The van der Waals surface area contributed by atoms with Crippen LogP contribution >= 0.6 is 0 Å². The fourth-order valence-electron chi connectivity index (χ4n) is 3.01. The maximum Gasteiger partial charge on any atom is -0.00474 e. The zero-order chi connectivity index (χ0) is 18.3. The SMILES string of the molecule is CCCCCCCCCCCCCCCCN.CCN(CC)CC. The van der Waals surface area contributed by atoms with Gasteiger partial charge in [0, 0.05) is 0 Å². The molecule has 0 spiro atoms. The van der Waals surface area contributed by atoms with Gasteiger partial charge in [0.1, 0.15) is 0 Å². The predicted octanol–water partition coefficient (Wildman–Crippen LogP) is 6.77. The average Bonchev–Trinajstić information content (AvgIpc) is 2.61. The molecule has 0 saturated carbocycles. The van der Waals surface area contributed by atoms with Gasteiger partial charge in [-0.2, -0.15) is 0 Å². The Morgan fingerprint density at radius 3 is 0.958 bits per heavy atom. The van der Waals surface area contributed by atoms with Gasteiger partial charge >= 0.3 is 0 Å². The minimum atomic E-state index is 0.873. The fraction of sp³-hybridized carbons (Fsp3) is 1.00. The van der Waals surface area contributed by atoms with E-state index in [-0.39, 0.29) is 0 Å². The smallest absolute Gasteiger partial charge is 0.00474 e. The van der Waals surface area contributed by atoms with Crippen molar-refractivity contribution in [2.45, 2.75) is 118 Å². The van der Waals surface area contributed by atoms with Gasteiger partial charge in [-0.25, -0.2) is 0 Å². The third-order valence-corrected chi connectivity index (χ3v) is 4.90. The van der Waals surface area contributed by atoms with Crippen LogP contribution < -0.4 is 5.73 Å². The van der Waals surface area contributed by atoms with Gasteiger partial charge in [0.05, 0.1) is 0 Å². The Balaban J connectivity index is 0. The fourth-order valence-corrected chi connectivity index (χ4v) is 3.01. The Morgan fingerprint density at radius 1 is 0.458 bits per heavy atom. The van der Waals surface area contributed by atoms with E-state index in [9.17, 15) is 0 Å². The van der Waals surface area contributed by atoms with Gasteiger partial charge in [-0.15, -0.1) is 0 Å². The van der Waals surface area contributed by atoms with Crippen molar-refractivity contribution in [1.82, 2.24) is 4.90 Å². The van der Waals surface area contributed by atoms with Crippen LogP contribution in [0.2, 0.25) is 0 Å². The van der Waals surface area contributed by atoms with Crippen molar-refractivity contribution < 1.29 is 0 Å². The summed E-state index contributed by atoms with van der Waals surface area (Å²) < 4.78 is 0. The van der Waals surface area contributed by atoms with E-state index in [2.05, 4.69) is 32.6 Å². The lowest BCUT2D eigenvalue weighted by atomic mass is 10.0. The summed E-state index contributed by atoms with van der Waals surface area (Å²) in [6.45, 7) is 13.3. The van der Waals surface area contributed by atoms with Gasteiger partial charge in [0.2, 0.25) is 0 Å². The summed E-state index contributed by atoms with van der Waals surface area (Å²) in [4.78, 5) is 2.38. The number of hydrogen-bond donors (Lipinski definition) is 1. The highest BCUT2D eigenvalue weighted by atomic mass is 15.1.